The molecule has 4 heterocycles. The van der Waals surface area contributed by atoms with Crippen molar-refractivity contribution in [3.8, 4) is 0 Å². The molecule has 8 nitrogen and oxygen atoms in total. The first-order chi connectivity index (χ1) is 17.9. The predicted octanol–water partition coefficient (Wildman–Crippen LogP) is 3.18. The maximum absolute atomic E-state index is 10.9. The van der Waals surface area contributed by atoms with Crippen molar-refractivity contribution < 1.29 is 89.5 Å². The Morgan fingerprint density at radius 2 is 1.67 bits per heavy atom. The van der Waals surface area contributed by atoms with Crippen LogP contribution in [0, 0.1) is 18.9 Å². The van der Waals surface area contributed by atoms with Crippen molar-refractivity contribution in [3.63, 3.8) is 0 Å². The first-order valence-corrected chi connectivity index (χ1v) is 13.2. The number of fused-ring (bicyclic) bond motifs is 2. The Morgan fingerprint density at radius 1 is 0.949 bits per heavy atom. The van der Waals surface area contributed by atoms with Crippen molar-refractivity contribution in [2.75, 3.05) is 11.5 Å². The first kappa shape index (κ1) is 31.8. The van der Waals surface area contributed by atoms with Crippen LogP contribution < -0.4 is 9.59 Å². The van der Waals surface area contributed by atoms with Crippen LogP contribution in [0.15, 0.2) is 65.7 Å². The summed E-state index contributed by atoms with van der Waals surface area (Å²) in [6.07, 6.45) is 0. The second-order valence-electron chi connectivity index (χ2n) is 8.15. The van der Waals surface area contributed by atoms with E-state index in [9.17, 15) is 9.59 Å². The molecule has 2 aliphatic rings. The Kier molecular flexibility index (Phi) is 11.7. The van der Waals surface area contributed by atoms with Crippen molar-refractivity contribution in [1.29, 1.82) is 0 Å². The zero-order valence-corrected chi connectivity index (χ0v) is 27.8. The Morgan fingerprint density at radius 3 is 2.36 bits per heavy atom. The molecule has 1 fully saturated rings. The van der Waals surface area contributed by atoms with Gasteiger partial charge in [0, 0.05) is 71.2 Å². The number of aliphatic carboxylic acids is 2. The number of carboxylic acid groups (broad SMARTS) is 2. The van der Waals surface area contributed by atoms with Gasteiger partial charge in [-0.15, -0.1) is 41.0 Å². The average Bonchev–Trinajstić information content (AvgIpc) is 3.60. The topological polar surface area (TPSA) is 120 Å². The number of benzene rings is 2. The van der Waals surface area contributed by atoms with Crippen molar-refractivity contribution in [2.24, 2.45) is 4.99 Å². The van der Waals surface area contributed by atoms with Gasteiger partial charge in [0.2, 0.25) is 0 Å². The standard InChI is InChI=1S/C14H11N2O2S.C13H9N2O2S.2Y/c1-16-11-5-3-2-4-9(11)6-7-12(16)13-15-10(8-19-13)14(17)18;16-13(17)11-7-18-12(15-11)10-6-5-8-3-1-2-4-9(8)14-10;;/h3-7,10H,1,8H2,(H,17,18);2-6,11H,7H2,(H,16,17);;/q2*-1;;. The molecule has 0 amide bonds. The Balaban J connectivity index is 0.000000205. The van der Waals surface area contributed by atoms with Gasteiger partial charge in [-0.1, -0.05) is 17.5 Å². The quantitative estimate of drug-likeness (QED) is 0.248. The summed E-state index contributed by atoms with van der Waals surface area (Å²) in [6, 6.07) is 23.6. The van der Waals surface area contributed by atoms with Crippen molar-refractivity contribution in [3.05, 3.63) is 95.9 Å². The summed E-state index contributed by atoms with van der Waals surface area (Å²) in [5, 5.41) is 26.4. The third-order valence-corrected chi connectivity index (χ3v) is 7.86. The van der Waals surface area contributed by atoms with E-state index in [-0.39, 0.29) is 65.4 Å². The number of pyridine rings is 2. The maximum atomic E-state index is 10.9. The molecule has 1 saturated heterocycles. The van der Waals surface area contributed by atoms with Crippen LogP contribution in [-0.2, 0) is 75.0 Å². The Bertz CT molecular complexity index is 1690. The van der Waals surface area contributed by atoms with Gasteiger partial charge in [0.15, 0.2) is 11.4 Å². The van der Waals surface area contributed by atoms with E-state index in [0.29, 0.717) is 16.5 Å². The van der Waals surface area contributed by atoms with Crippen molar-refractivity contribution in [1.82, 2.24) is 4.98 Å². The summed E-state index contributed by atoms with van der Waals surface area (Å²) >= 11 is 2.89. The van der Waals surface area contributed by atoms with Gasteiger partial charge in [-0.3, -0.25) is 14.8 Å². The molecule has 2 aromatic heterocycles. The van der Waals surface area contributed by atoms with E-state index in [0.717, 1.165) is 37.9 Å². The molecule has 39 heavy (non-hydrogen) atoms. The molecule has 12 heteroatoms. The van der Waals surface area contributed by atoms with E-state index >= 15 is 0 Å². The number of hydrogen-bond acceptors (Lipinski definition) is 6. The number of carbonyl (C=O) groups is 2. The number of thioether (sulfide) groups is 2. The molecule has 192 valence electrons. The minimum Gasteiger partial charge on any atom is -0.661 e. The zero-order chi connectivity index (χ0) is 25.9. The van der Waals surface area contributed by atoms with Crippen molar-refractivity contribution >= 4 is 67.3 Å². The monoisotopic (exact) mass is 706 g/mol. The predicted molar refractivity (Wildman–Crippen MR) is 145 cm³/mol. The van der Waals surface area contributed by atoms with Gasteiger partial charge < -0.3 is 15.5 Å². The number of nitrogens with zero attached hydrogens (tertiary/aromatic N) is 4. The Labute approximate surface area is 283 Å². The molecule has 2 aromatic carbocycles. The molecule has 0 spiro atoms. The second kappa shape index (κ2) is 14.3. The van der Waals surface area contributed by atoms with E-state index in [1.165, 1.54) is 23.5 Å². The van der Waals surface area contributed by atoms with Gasteiger partial charge >= 0.3 is 5.97 Å². The fourth-order valence-electron chi connectivity index (χ4n) is 3.80. The van der Waals surface area contributed by atoms with E-state index in [1.54, 1.807) is 4.24 Å². The van der Waals surface area contributed by atoms with Crippen LogP contribution in [0.1, 0.15) is 5.69 Å². The Hall–Kier alpha value is -1.68. The van der Waals surface area contributed by atoms with Crippen LogP contribution in [0.2, 0.25) is 0 Å². The van der Waals surface area contributed by atoms with Crippen LogP contribution >= 0.6 is 23.5 Å². The second-order valence-corrected chi connectivity index (χ2v) is 10.2. The fourth-order valence-corrected chi connectivity index (χ4v) is 5.85. The smallest absolute Gasteiger partial charge is 0.329 e. The summed E-state index contributed by atoms with van der Waals surface area (Å²) < 4.78 is 1.79. The number of hydrogen-bond donors (Lipinski definition) is 2. The number of aliphatic imine (C=N–C) groups is 1. The summed E-state index contributed by atoms with van der Waals surface area (Å²) in [5.41, 5.74) is 2.58. The van der Waals surface area contributed by atoms with Gasteiger partial charge in [-0.25, -0.2) is 4.79 Å². The minimum atomic E-state index is -0.882. The molecule has 0 aliphatic carbocycles. The van der Waals surface area contributed by atoms with E-state index in [2.05, 4.69) is 34.1 Å². The molecule has 0 saturated carbocycles. The van der Waals surface area contributed by atoms with E-state index in [4.69, 9.17) is 10.2 Å². The fraction of sp³-hybridized carbons (Fsp3) is 0.148. The van der Waals surface area contributed by atoms with Crippen LogP contribution in [0.3, 0.4) is 0 Å². The van der Waals surface area contributed by atoms with Gasteiger partial charge in [-0.05, 0) is 34.5 Å². The first-order valence-electron chi connectivity index (χ1n) is 11.2. The van der Waals surface area contributed by atoms with Crippen molar-refractivity contribution in [2.45, 2.75) is 12.1 Å². The van der Waals surface area contributed by atoms with Gasteiger partial charge in [-0.2, -0.15) is 40.6 Å². The molecule has 2 atom stereocenters. The maximum Gasteiger partial charge on any atom is 0.329 e. The van der Waals surface area contributed by atoms with E-state index < -0.39 is 24.0 Å². The zero-order valence-electron chi connectivity index (χ0n) is 20.5. The molecule has 2 N–H and O–H groups in total. The van der Waals surface area contributed by atoms with Crippen LogP contribution in [0.25, 0.3) is 32.2 Å². The number of carboxylic acids is 2. The molecule has 2 aliphatic heterocycles. The molecule has 2 radical (unpaired) electrons. The third-order valence-electron chi connectivity index (χ3n) is 5.72. The average molecular weight is 706 g/mol. The molecule has 6 rings (SSSR count). The van der Waals surface area contributed by atoms with Crippen LogP contribution in [0.4, 0.5) is 0 Å². The summed E-state index contributed by atoms with van der Waals surface area (Å²) in [7, 11) is 0. The molecular formula is C27H20N4O4S2Y2-2. The van der Waals surface area contributed by atoms with E-state index in [1.807, 2.05) is 60.7 Å². The van der Waals surface area contributed by atoms with Gasteiger partial charge in [0.1, 0.15) is 17.3 Å². The van der Waals surface area contributed by atoms with Crippen LogP contribution in [-0.4, -0.2) is 55.8 Å². The molecule has 2 unspecified atom stereocenters. The number of aromatic nitrogens is 2. The molecular weight excluding hydrogens is 686 g/mol. The summed E-state index contributed by atoms with van der Waals surface area (Å²) in [5.74, 6) is -0.806. The van der Waals surface area contributed by atoms with Gasteiger partial charge in [0.05, 0.1) is 5.69 Å². The molecule has 0 bridgehead atoms. The normalized spacial score (nSPS) is 19.1. The van der Waals surface area contributed by atoms with Crippen LogP contribution in [0.5, 0.6) is 0 Å². The summed E-state index contributed by atoms with van der Waals surface area (Å²) in [6.45, 7) is 4.02. The third kappa shape index (κ3) is 7.34. The van der Waals surface area contributed by atoms with Gasteiger partial charge in [0.25, 0.3) is 5.97 Å². The number of rotatable bonds is 3. The summed E-state index contributed by atoms with van der Waals surface area (Å²) in [4.78, 5) is 30.4. The minimum absolute atomic E-state index is 0. The largest absolute Gasteiger partial charge is 0.661 e. The SMILES string of the molecule is C=[n+]1c(=C2[N-]C(C(=O)O)CS2)ccc2c[c-]ccc21.O=C(O)C1CSC(c2ccc3c[c-]ccc3n2)=N1.[Y].[Y]. The molecule has 4 aromatic rings.